The molecule has 0 aliphatic heterocycles. The molecular weight excluding hydrogens is 221 g/mol. The van der Waals surface area contributed by atoms with Crippen molar-refractivity contribution in [1.29, 1.82) is 0 Å². The quantitative estimate of drug-likeness (QED) is 0.709. The van der Waals surface area contributed by atoms with E-state index in [1.54, 1.807) is 12.1 Å². The highest BCUT2D eigenvalue weighted by Crippen LogP contribution is 2.16. The Morgan fingerprint density at radius 2 is 2.12 bits per heavy atom. The first-order valence-electron chi connectivity index (χ1n) is 5.88. The zero-order chi connectivity index (χ0) is 12.5. The summed E-state index contributed by atoms with van der Waals surface area (Å²) in [6.07, 6.45) is 1.10. The lowest BCUT2D eigenvalue weighted by Crippen LogP contribution is -2.20. The minimum Gasteiger partial charge on any atom is -0.497 e. The van der Waals surface area contributed by atoms with Crippen molar-refractivity contribution in [3.8, 4) is 5.75 Å². The van der Waals surface area contributed by atoms with E-state index >= 15 is 0 Å². The fourth-order valence-electron chi connectivity index (χ4n) is 1.40. The third kappa shape index (κ3) is 5.15. The lowest BCUT2D eigenvalue weighted by atomic mass is 10.2. The predicted molar refractivity (Wildman–Crippen MR) is 65.8 cm³/mol. The Morgan fingerprint density at radius 1 is 1.29 bits per heavy atom. The van der Waals surface area contributed by atoms with Crippen molar-refractivity contribution in [2.45, 2.75) is 20.0 Å². The molecule has 0 heterocycles. The molecule has 3 nitrogen and oxygen atoms in total. The summed E-state index contributed by atoms with van der Waals surface area (Å²) in [5.41, 5.74) is 0.557. The van der Waals surface area contributed by atoms with Crippen molar-refractivity contribution < 1.29 is 13.9 Å². The summed E-state index contributed by atoms with van der Waals surface area (Å²) in [4.78, 5) is 0. The minimum absolute atomic E-state index is 0.286. The number of halogens is 1. The maximum atomic E-state index is 13.5. The number of benzene rings is 1. The van der Waals surface area contributed by atoms with Crippen molar-refractivity contribution in [3.05, 3.63) is 29.6 Å². The zero-order valence-electron chi connectivity index (χ0n) is 10.5. The van der Waals surface area contributed by atoms with Crippen molar-refractivity contribution in [2.75, 3.05) is 26.8 Å². The third-order valence-electron chi connectivity index (χ3n) is 2.37. The van der Waals surface area contributed by atoms with Crippen molar-refractivity contribution >= 4 is 0 Å². The molecule has 4 heteroatoms. The van der Waals surface area contributed by atoms with Crippen LogP contribution < -0.4 is 10.1 Å². The molecule has 0 amide bonds. The smallest absolute Gasteiger partial charge is 0.132 e. The molecule has 96 valence electrons. The minimum atomic E-state index is -0.286. The van der Waals surface area contributed by atoms with Crippen LogP contribution in [0.25, 0.3) is 0 Å². The molecule has 0 fully saturated rings. The van der Waals surface area contributed by atoms with Gasteiger partial charge >= 0.3 is 0 Å². The summed E-state index contributed by atoms with van der Waals surface area (Å²) < 4.78 is 23.8. The summed E-state index contributed by atoms with van der Waals surface area (Å²) in [7, 11) is 1.52. The van der Waals surface area contributed by atoms with E-state index in [0.29, 0.717) is 24.5 Å². The summed E-state index contributed by atoms with van der Waals surface area (Å²) in [5, 5.41) is 3.22. The zero-order valence-corrected chi connectivity index (χ0v) is 10.5. The van der Waals surface area contributed by atoms with Crippen LogP contribution in [0.15, 0.2) is 18.2 Å². The molecule has 0 bridgehead atoms. The fourth-order valence-corrected chi connectivity index (χ4v) is 1.40. The maximum Gasteiger partial charge on any atom is 0.132 e. The number of methoxy groups -OCH3 is 1. The number of ether oxygens (including phenoxy) is 2. The van der Waals surface area contributed by atoms with E-state index in [9.17, 15) is 4.39 Å². The number of hydrogen-bond donors (Lipinski definition) is 1. The molecule has 0 spiro atoms. The topological polar surface area (TPSA) is 30.5 Å². The van der Waals surface area contributed by atoms with Crippen LogP contribution in [-0.2, 0) is 11.3 Å². The fraction of sp³-hybridized carbons (Fsp3) is 0.538. The molecule has 0 aliphatic carbocycles. The van der Waals surface area contributed by atoms with Gasteiger partial charge in [-0.15, -0.1) is 0 Å². The van der Waals surface area contributed by atoms with E-state index in [-0.39, 0.29) is 5.82 Å². The highest BCUT2D eigenvalue weighted by molar-refractivity contribution is 5.28. The molecule has 1 aromatic carbocycles. The third-order valence-corrected chi connectivity index (χ3v) is 2.37. The Labute approximate surface area is 102 Å². The lowest BCUT2D eigenvalue weighted by molar-refractivity contribution is 0.120. The molecule has 1 aromatic rings. The van der Waals surface area contributed by atoms with Gasteiger partial charge in [-0.25, -0.2) is 4.39 Å². The largest absolute Gasteiger partial charge is 0.497 e. The first-order chi connectivity index (χ1) is 8.27. The van der Waals surface area contributed by atoms with E-state index in [4.69, 9.17) is 9.47 Å². The van der Waals surface area contributed by atoms with Crippen LogP contribution in [0.4, 0.5) is 4.39 Å². The second-order valence-corrected chi connectivity index (χ2v) is 3.76. The number of rotatable bonds is 8. The molecule has 0 aromatic heterocycles. The van der Waals surface area contributed by atoms with Crippen LogP contribution in [0.1, 0.15) is 18.9 Å². The summed E-state index contributed by atoms with van der Waals surface area (Å²) in [6.45, 7) is 4.78. The summed E-state index contributed by atoms with van der Waals surface area (Å²) >= 11 is 0. The molecule has 0 aliphatic rings. The molecule has 0 saturated heterocycles. The molecule has 1 N–H and O–H groups in total. The van der Waals surface area contributed by atoms with Gasteiger partial charge in [-0.3, -0.25) is 0 Å². The Morgan fingerprint density at radius 3 is 2.76 bits per heavy atom. The van der Waals surface area contributed by atoms with Crippen molar-refractivity contribution in [2.24, 2.45) is 0 Å². The monoisotopic (exact) mass is 241 g/mol. The normalized spacial score (nSPS) is 10.5. The molecule has 1 rings (SSSR count). The average molecular weight is 241 g/mol. The summed E-state index contributed by atoms with van der Waals surface area (Å²) in [6, 6.07) is 4.79. The first-order valence-corrected chi connectivity index (χ1v) is 5.88. The lowest BCUT2D eigenvalue weighted by Gasteiger charge is -2.07. The van der Waals surface area contributed by atoms with Gasteiger partial charge in [0.25, 0.3) is 0 Å². The number of hydrogen-bond acceptors (Lipinski definition) is 3. The van der Waals surface area contributed by atoms with Gasteiger partial charge in [0.15, 0.2) is 0 Å². The second kappa shape index (κ2) is 8.03. The Kier molecular flexibility index (Phi) is 6.58. The van der Waals surface area contributed by atoms with E-state index in [1.165, 1.54) is 13.2 Å². The van der Waals surface area contributed by atoms with E-state index < -0.39 is 0 Å². The van der Waals surface area contributed by atoms with Crippen molar-refractivity contribution in [3.63, 3.8) is 0 Å². The Bertz CT molecular complexity index is 331. The molecule has 0 radical (unpaired) electrons. The van der Waals surface area contributed by atoms with E-state index in [0.717, 1.165) is 19.5 Å². The van der Waals surface area contributed by atoms with Gasteiger partial charge in [0.05, 0.1) is 20.3 Å². The van der Waals surface area contributed by atoms with Crippen LogP contribution in [0.5, 0.6) is 5.75 Å². The molecule has 0 unspecified atom stereocenters. The van der Waals surface area contributed by atoms with Crippen LogP contribution in [0.3, 0.4) is 0 Å². The van der Waals surface area contributed by atoms with Crippen LogP contribution in [0.2, 0.25) is 0 Å². The SMILES string of the molecule is CCCNCCOCc1ccc(OC)cc1F. The van der Waals surface area contributed by atoms with Gasteiger partial charge in [-0.1, -0.05) is 13.0 Å². The van der Waals surface area contributed by atoms with Crippen LogP contribution in [0, 0.1) is 5.82 Å². The Hall–Kier alpha value is -1.13. The van der Waals surface area contributed by atoms with Gasteiger partial charge < -0.3 is 14.8 Å². The standard InChI is InChI=1S/C13H20FNO2/c1-3-6-15-7-8-17-10-11-4-5-12(16-2)9-13(11)14/h4-5,9,15H,3,6-8,10H2,1-2H3. The first kappa shape index (κ1) is 13.9. The molecule has 0 atom stereocenters. The highest BCUT2D eigenvalue weighted by atomic mass is 19.1. The van der Waals surface area contributed by atoms with Crippen molar-refractivity contribution in [1.82, 2.24) is 5.32 Å². The molecular formula is C13H20FNO2. The molecule has 0 saturated carbocycles. The van der Waals surface area contributed by atoms with Gasteiger partial charge in [0.1, 0.15) is 11.6 Å². The predicted octanol–water partition coefficient (Wildman–Crippen LogP) is 2.35. The average Bonchev–Trinajstić information content (AvgIpc) is 2.35. The maximum absolute atomic E-state index is 13.5. The van der Waals surface area contributed by atoms with Gasteiger partial charge in [-0.05, 0) is 19.0 Å². The second-order valence-electron chi connectivity index (χ2n) is 3.76. The van der Waals surface area contributed by atoms with Gasteiger partial charge in [0, 0.05) is 18.2 Å². The van der Waals surface area contributed by atoms with Crippen LogP contribution in [-0.4, -0.2) is 26.8 Å². The van der Waals surface area contributed by atoms with E-state index in [2.05, 4.69) is 12.2 Å². The number of nitrogens with one attached hydrogen (secondary N) is 1. The van der Waals surface area contributed by atoms with E-state index in [1.807, 2.05) is 0 Å². The Balaban J connectivity index is 2.27. The summed E-state index contributed by atoms with van der Waals surface area (Å²) in [5.74, 6) is 0.238. The van der Waals surface area contributed by atoms with Crippen LogP contribution >= 0.6 is 0 Å². The molecule has 17 heavy (non-hydrogen) atoms. The van der Waals surface area contributed by atoms with Gasteiger partial charge in [-0.2, -0.15) is 0 Å². The van der Waals surface area contributed by atoms with Gasteiger partial charge in [0.2, 0.25) is 0 Å². The highest BCUT2D eigenvalue weighted by Gasteiger charge is 2.03.